The van der Waals surface area contributed by atoms with E-state index in [4.69, 9.17) is 4.74 Å². The molecule has 3 heterocycles. The molecule has 0 amide bonds. The molecule has 1 unspecified atom stereocenters. The van der Waals surface area contributed by atoms with E-state index in [2.05, 4.69) is 32.1 Å². The molecule has 3 aromatic rings. The number of nitrogens with zero attached hydrogens (tertiary/aromatic N) is 4. The van der Waals surface area contributed by atoms with Crippen LogP contribution in [0.1, 0.15) is 12.6 Å². The fraction of sp³-hybridized carbons (Fsp3) is 0.286. The summed E-state index contributed by atoms with van der Waals surface area (Å²) in [5, 5.41) is 2.95. The van der Waals surface area contributed by atoms with Gasteiger partial charge in [0.05, 0.1) is 13.2 Å². The van der Waals surface area contributed by atoms with Gasteiger partial charge >= 0.3 is 6.18 Å². The SMILES string of the molecule is CC1COCCN1c1ccc(Nc2cc(C(F)(F)F)nc(-c3cccnc3)n2)cc1. The van der Waals surface area contributed by atoms with E-state index in [9.17, 15) is 13.2 Å². The number of ether oxygens (including phenoxy) is 1. The molecule has 156 valence electrons. The van der Waals surface area contributed by atoms with Gasteiger partial charge in [0.25, 0.3) is 0 Å². The van der Waals surface area contributed by atoms with Crippen molar-refractivity contribution in [1.82, 2.24) is 15.0 Å². The second-order valence-corrected chi connectivity index (χ2v) is 6.99. The second-order valence-electron chi connectivity index (χ2n) is 6.99. The Kier molecular flexibility index (Phi) is 5.54. The van der Waals surface area contributed by atoms with Crippen LogP contribution in [0.4, 0.5) is 30.4 Å². The van der Waals surface area contributed by atoms with Crippen molar-refractivity contribution < 1.29 is 17.9 Å². The summed E-state index contributed by atoms with van der Waals surface area (Å²) in [5.41, 5.74) is 1.05. The first-order valence-corrected chi connectivity index (χ1v) is 9.48. The van der Waals surface area contributed by atoms with Gasteiger partial charge in [0.15, 0.2) is 11.5 Å². The zero-order valence-electron chi connectivity index (χ0n) is 16.2. The standard InChI is InChI=1S/C21H20F3N5O/c1-14-13-30-10-9-29(14)17-6-4-16(5-7-17)26-19-11-18(21(22,23)24)27-20(28-19)15-3-2-8-25-12-15/h2-8,11-12,14H,9-10,13H2,1H3,(H,26,27,28). The van der Waals surface area contributed by atoms with Crippen molar-refractivity contribution in [2.45, 2.75) is 19.1 Å². The summed E-state index contributed by atoms with van der Waals surface area (Å²) in [7, 11) is 0. The van der Waals surface area contributed by atoms with Gasteiger partial charge in [0, 0.05) is 48.0 Å². The number of halogens is 3. The number of anilines is 3. The van der Waals surface area contributed by atoms with Crippen LogP contribution in [-0.2, 0) is 10.9 Å². The van der Waals surface area contributed by atoms with Crippen molar-refractivity contribution in [3.8, 4) is 11.4 Å². The molecule has 1 aliphatic rings. The van der Waals surface area contributed by atoms with Crippen LogP contribution >= 0.6 is 0 Å². The lowest BCUT2D eigenvalue weighted by molar-refractivity contribution is -0.141. The topological polar surface area (TPSA) is 63.2 Å². The Morgan fingerprint density at radius 1 is 1.13 bits per heavy atom. The smallest absolute Gasteiger partial charge is 0.377 e. The summed E-state index contributed by atoms with van der Waals surface area (Å²) in [6.45, 7) is 4.22. The molecule has 4 rings (SSSR count). The third kappa shape index (κ3) is 4.51. The first kappa shape index (κ1) is 20.1. The Morgan fingerprint density at radius 2 is 1.93 bits per heavy atom. The summed E-state index contributed by atoms with van der Waals surface area (Å²) < 4.78 is 45.5. The predicted molar refractivity (Wildman–Crippen MR) is 108 cm³/mol. The van der Waals surface area contributed by atoms with Crippen LogP contribution in [0.2, 0.25) is 0 Å². The van der Waals surface area contributed by atoms with Crippen LogP contribution in [0.5, 0.6) is 0 Å². The summed E-state index contributed by atoms with van der Waals surface area (Å²) >= 11 is 0. The first-order chi connectivity index (χ1) is 14.4. The summed E-state index contributed by atoms with van der Waals surface area (Å²) in [6.07, 6.45) is -1.63. The molecule has 1 atom stereocenters. The highest BCUT2D eigenvalue weighted by Gasteiger charge is 2.34. The molecule has 1 fully saturated rings. The molecule has 0 spiro atoms. The van der Waals surface area contributed by atoms with E-state index >= 15 is 0 Å². The Morgan fingerprint density at radius 3 is 2.60 bits per heavy atom. The van der Waals surface area contributed by atoms with E-state index in [1.165, 1.54) is 12.4 Å². The van der Waals surface area contributed by atoms with Gasteiger partial charge in [-0.3, -0.25) is 4.98 Å². The average Bonchev–Trinajstić information content (AvgIpc) is 2.75. The maximum atomic E-state index is 13.3. The summed E-state index contributed by atoms with van der Waals surface area (Å²) in [4.78, 5) is 14.1. The minimum Gasteiger partial charge on any atom is -0.377 e. The van der Waals surface area contributed by atoms with E-state index < -0.39 is 11.9 Å². The maximum absolute atomic E-state index is 13.3. The van der Waals surface area contributed by atoms with E-state index in [-0.39, 0.29) is 17.7 Å². The number of pyridine rings is 1. The minimum absolute atomic E-state index is 0.0424. The van der Waals surface area contributed by atoms with E-state index in [1.54, 1.807) is 12.1 Å². The lowest BCUT2D eigenvalue weighted by Gasteiger charge is -2.35. The molecule has 0 radical (unpaired) electrons. The van der Waals surface area contributed by atoms with Crippen molar-refractivity contribution in [3.63, 3.8) is 0 Å². The van der Waals surface area contributed by atoms with Crippen LogP contribution in [0.15, 0.2) is 54.9 Å². The highest BCUT2D eigenvalue weighted by Crippen LogP contribution is 2.31. The van der Waals surface area contributed by atoms with Crippen LogP contribution in [0.3, 0.4) is 0 Å². The lowest BCUT2D eigenvalue weighted by atomic mass is 10.2. The van der Waals surface area contributed by atoms with Crippen LogP contribution in [0, 0.1) is 0 Å². The lowest BCUT2D eigenvalue weighted by Crippen LogP contribution is -2.43. The second kappa shape index (κ2) is 8.27. The molecule has 9 heteroatoms. The zero-order chi connectivity index (χ0) is 21.1. The molecule has 0 aliphatic carbocycles. The highest BCUT2D eigenvalue weighted by atomic mass is 19.4. The molecule has 2 aromatic heterocycles. The van der Waals surface area contributed by atoms with Gasteiger partial charge in [-0.15, -0.1) is 0 Å². The highest BCUT2D eigenvalue weighted by molar-refractivity contribution is 5.64. The van der Waals surface area contributed by atoms with E-state index in [1.807, 2.05) is 24.3 Å². The number of aromatic nitrogens is 3. The van der Waals surface area contributed by atoms with E-state index in [0.29, 0.717) is 24.5 Å². The van der Waals surface area contributed by atoms with Gasteiger partial charge < -0.3 is 15.0 Å². The molecule has 6 nitrogen and oxygen atoms in total. The zero-order valence-corrected chi connectivity index (χ0v) is 16.2. The maximum Gasteiger partial charge on any atom is 0.433 e. The Balaban J connectivity index is 1.60. The average molecular weight is 415 g/mol. The van der Waals surface area contributed by atoms with Gasteiger partial charge in [0.2, 0.25) is 0 Å². The minimum atomic E-state index is -4.59. The monoisotopic (exact) mass is 415 g/mol. The van der Waals surface area contributed by atoms with Crippen molar-refractivity contribution in [1.29, 1.82) is 0 Å². The van der Waals surface area contributed by atoms with Gasteiger partial charge in [-0.25, -0.2) is 9.97 Å². The van der Waals surface area contributed by atoms with Gasteiger partial charge in [0.1, 0.15) is 5.82 Å². The fourth-order valence-corrected chi connectivity index (χ4v) is 3.28. The molecule has 0 bridgehead atoms. The van der Waals surface area contributed by atoms with Crippen molar-refractivity contribution in [2.75, 3.05) is 30.0 Å². The number of hydrogen-bond acceptors (Lipinski definition) is 6. The first-order valence-electron chi connectivity index (χ1n) is 9.48. The van der Waals surface area contributed by atoms with Crippen molar-refractivity contribution >= 4 is 17.2 Å². The Hall–Kier alpha value is -3.20. The normalized spacial score (nSPS) is 17.1. The summed E-state index contributed by atoms with van der Waals surface area (Å²) in [5.74, 6) is 0.0165. The predicted octanol–water partition coefficient (Wildman–Crippen LogP) is 4.53. The van der Waals surface area contributed by atoms with Crippen molar-refractivity contribution in [2.24, 2.45) is 0 Å². The van der Waals surface area contributed by atoms with Crippen molar-refractivity contribution in [3.05, 3.63) is 60.6 Å². The Labute approximate surface area is 171 Å². The Bertz CT molecular complexity index is 996. The largest absolute Gasteiger partial charge is 0.433 e. The molecular formula is C21H20F3N5O. The molecule has 1 aromatic carbocycles. The number of morpholine rings is 1. The number of rotatable bonds is 4. The quantitative estimate of drug-likeness (QED) is 0.676. The van der Waals surface area contributed by atoms with Gasteiger partial charge in [-0.1, -0.05) is 0 Å². The molecule has 30 heavy (non-hydrogen) atoms. The molecule has 1 N–H and O–H groups in total. The number of benzene rings is 1. The van der Waals surface area contributed by atoms with Crippen LogP contribution in [-0.4, -0.2) is 40.8 Å². The third-order valence-corrected chi connectivity index (χ3v) is 4.78. The number of nitrogens with one attached hydrogen (secondary N) is 1. The molecular weight excluding hydrogens is 395 g/mol. The van der Waals surface area contributed by atoms with Gasteiger partial charge in [-0.05, 0) is 43.3 Å². The molecule has 1 aliphatic heterocycles. The van der Waals surface area contributed by atoms with Crippen LogP contribution in [0.25, 0.3) is 11.4 Å². The fourth-order valence-electron chi connectivity index (χ4n) is 3.28. The van der Waals surface area contributed by atoms with Crippen LogP contribution < -0.4 is 10.2 Å². The van der Waals surface area contributed by atoms with Gasteiger partial charge in [-0.2, -0.15) is 13.2 Å². The summed E-state index contributed by atoms with van der Waals surface area (Å²) in [6, 6.07) is 11.9. The number of alkyl halides is 3. The molecule has 1 saturated heterocycles. The molecule has 0 saturated carbocycles. The number of hydrogen-bond donors (Lipinski definition) is 1. The van der Waals surface area contributed by atoms with E-state index in [0.717, 1.165) is 18.3 Å². The third-order valence-electron chi connectivity index (χ3n) is 4.78.